The van der Waals surface area contributed by atoms with Crippen molar-refractivity contribution in [2.45, 2.75) is 55.3 Å². The molecule has 0 bridgehead atoms. The second-order valence-electron chi connectivity index (χ2n) is 10.1. The van der Waals surface area contributed by atoms with Crippen molar-refractivity contribution in [2.24, 2.45) is 5.41 Å². The molecule has 226 valence electrons. The highest BCUT2D eigenvalue weighted by atomic mass is 35.5. The van der Waals surface area contributed by atoms with E-state index in [1.165, 1.54) is 30.3 Å². The maximum Gasteiger partial charge on any atom is 0.490 e. The van der Waals surface area contributed by atoms with Crippen molar-refractivity contribution in [1.82, 2.24) is 5.32 Å². The predicted octanol–water partition coefficient (Wildman–Crippen LogP) is 5.98. The third kappa shape index (κ3) is 6.54. The van der Waals surface area contributed by atoms with Crippen LogP contribution in [0.1, 0.15) is 42.7 Å². The number of halogens is 7. The van der Waals surface area contributed by atoms with Crippen LogP contribution in [0, 0.1) is 28.4 Å². The van der Waals surface area contributed by atoms with E-state index in [0.717, 1.165) is 6.07 Å². The van der Waals surface area contributed by atoms with E-state index < -0.39 is 58.6 Å². The number of nitrogens with one attached hydrogen (secondary N) is 1. The molecule has 42 heavy (non-hydrogen) atoms. The molecule has 4 rings (SSSR count). The molecule has 14 heteroatoms. The number of carboxylic acid groups (broad SMARTS) is 2. The summed E-state index contributed by atoms with van der Waals surface area (Å²) in [5, 5.41) is 41.1. The molecule has 0 amide bonds. The number of nitriles is 1. The number of rotatable bonds is 6. The number of benzene rings is 2. The molecule has 1 heterocycles. The van der Waals surface area contributed by atoms with E-state index in [9.17, 15) is 33.4 Å². The zero-order valence-electron chi connectivity index (χ0n) is 21.6. The number of carboxylic acids is 2. The summed E-state index contributed by atoms with van der Waals surface area (Å²) >= 11 is 12.0. The molecular formula is C28H25Cl2F5N2O5. The molecule has 2 aromatic rings. The normalized spacial score (nSPS) is 27.1. The van der Waals surface area contributed by atoms with Gasteiger partial charge in [-0.2, -0.15) is 18.4 Å². The van der Waals surface area contributed by atoms with E-state index in [-0.39, 0.29) is 34.2 Å². The van der Waals surface area contributed by atoms with Gasteiger partial charge in [-0.05, 0) is 54.9 Å². The molecule has 1 saturated heterocycles. The second kappa shape index (κ2) is 13.0. The molecule has 0 spiro atoms. The van der Waals surface area contributed by atoms with Gasteiger partial charge in [0.25, 0.3) is 0 Å². The number of hydrogen-bond acceptors (Lipinski definition) is 5. The van der Waals surface area contributed by atoms with E-state index >= 15 is 8.78 Å². The molecule has 2 aromatic carbocycles. The Hall–Kier alpha value is -3.24. The fourth-order valence-electron chi connectivity index (χ4n) is 5.70. The number of nitrogens with zero attached hydrogens (tertiary/aromatic N) is 1. The maximum atomic E-state index is 15.5. The Morgan fingerprint density at radius 2 is 1.79 bits per heavy atom. The first kappa shape index (κ1) is 33.3. The minimum atomic E-state index is -5.08. The summed E-state index contributed by atoms with van der Waals surface area (Å²) in [6.07, 6.45) is 0.852. The SMILES string of the molecule is N#C[C@]1(c2ccc(Cl)cc2F)[C@H](CC2(CO)CC=CCC2)N[C@@H](C(=O)O)[C@@H]1c1cccc(Cl)c1F.O=C(O)C(F)(F)F. The van der Waals surface area contributed by atoms with Crippen LogP contribution in [0.25, 0.3) is 0 Å². The standard InChI is InChI=1S/C26H24Cl2F2N2O3.C2HF3O2/c27-15-7-8-17(19(29)11-15)26(13-31)20(12-25(14-33)9-2-1-3-10-25)32-23(24(34)35)21(26)16-5-4-6-18(28)22(16)30;3-2(4,5)1(6)7/h1-2,4-8,11,20-21,23,32-33H,3,9-10,12,14H2,(H,34,35);(H,6,7)/t20-,21-,23+,25?,26-;/m0./s1. The van der Waals surface area contributed by atoms with Crippen LogP contribution in [0.4, 0.5) is 22.0 Å². The van der Waals surface area contributed by atoms with Crippen LogP contribution in [0.3, 0.4) is 0 Å². The first-order chi connectivity index (χ1) is 19.6. The third-order valence-electron chi connectivity index (χ3n) is 7.67. The molecule has 0 saturated carbocycles. The molecule has 0 aromatic heterocycles. The largest absolute Gasteiger partial charge is 0.490 e. The quantitative estimate of drug-likeness (QED) is 0.227. The Morgan fingerprint density at radius 1 is 1.12 bits per heavy atom. The number of hydrogen-bond donors (Lipinski definition) is 4. The van der Waals surface area contributed by atoms with Gasteiger partial charge in [0, 0.05) is 29.2 Å². The zero-order chi connectivity index (χ0) is 31.5. The lowest BCUT2D eigenvalue weighted by molar-refractivity contribution is -0.192. The highest BCUT2D eigenvalue weighted by molar-refractivity contribution is 6.31. The molecule has 4 N–H and O–H groups in total. The van der Waals surface area contributed by atoms with Gasteiger partial charge in [0.1, 0.15) is 23.1 Å². The van der Waals surface area contributed by atoms with Gasteiger partial charge >= 0.3 is 18.1 Å². The summed E-state index contributed by atoms with van der Waals surface area (Å²) in [6, 6.07) is 7.83. The van der Waals surface area contributed by atoms with Crippen molar-refractivity contribution < 1.29 is 46.9 Å². The Balaban J connectivity index is 0.000000616. The van der Waals surface area contributed by atoms with Crippen LogP contribution in [0.15, 0.2) is 48.6 Å². The first-order valence-electron chi connectivity index (χ1n) is 12.5. The molecule has 7 nitrogen and oxygen atoms in total. The highest BCUT2D eigenvalue weighted by Gasteiger charge is 2.62. The van der Waals surface area contributed by atoms with Crippen LogP contribution < -0.4 is 5.32 Å². The number of aliphatic hydroxyl groups is 1. The van der Waals surface area contributed by atoms with Crippen LogP contribution in [-0.2, 0) is 15.0 Å². The molecular weight excluding hydrogens is 610 g/mol. The van der Waals surface area contributed by atoms with E-state index in [1.54, 1.807) is 0 Å². The van der Waals surface area contributed by atoms with Crippen molar-refractivity contribution in [3.8, 4) is 6.07 Å². The lowest BCUT2D eigenvalue weighted by Crippen LogP contribution is -2.47. The summed E-state index contributed by atoms with van der Waals surface area (Å²) in [5.74, 6) is -7.05. The highest BCUT2D eigenvalue weighted by Crippen LogP contribution is 2.54. The topological polar surface area (TPSA) is 131 Å². The fraction of sp³-hybridized carbons (Fsp3) is 0.393. The van der Waals surface area contributed by atoms with E-state index in [1.807, 2.05) is 12.2 Å². The number of carbonyl (C=O) groups is 2. The van der Waals surface area contributed by atoms with Crippen molar-refractivity contribution in [3.63, 3.8) is 0 Å². The molecule has 1 fully saturated rings. The second-order valence-corrected chi connectivity index (χ2v) is 11.0. The van der Waals surface area contributed by atoms with Gasteiger partial charge in [-0.3, -0.25) is 10.1 Å². The van der Waals surface area contributed by atoms with Gasteiger partial charge in [-0.1, -0.05) is 53.6 Å². The molecule has 1 aliphatic heterocycles. The van der Waals surface area contributed by atoms with Crippen LogP contribution in [0.2, 0.25) is 10.0 Å². The monoisotopic (exact) mass is 634 g/mol. The summed E-state index contributed by atoms with van der Waals surface area (Å²) in [7, 11) is 0. The van der Waals surface area contributed by atoms with Gasteiger partial charge in [-0.25, -0.2) is 13.6 Å². The van der Waals surface area contributed by atoms with Crippen LogP contribution >= 0.6 is 23.2 Å². The average Bonchev–Trinajstić information content (AvgIpc) is 3.25. The molecule has 2 aliphatic rings. The van der Waals surface area contributed by atoms with Gasteiger partial charge in [0.15, 0.2) is 0 Å². The number of aliphatic hydroxyl groups excluding tert-OH is 1. The fourth-order valence-corrected chi connectivity index (χ4v) is 6.04. The minimum Gasteiger partial charge on any atom is -0.480 e. The molecule has 1 unspecified atom stereocenters. The maximum absolute atomic E-state index is 15.5. The molecule has 0 radical (unpaired) electrons. The predicted molar refractivity (Wildman–Crippen MR) is 142 cm³/mol. The van der Waals surface area contributed by atoms with E-state index in [0.29, 0.717) is 19.3 Å². The number of alkyl halides is 3. The average molecular weight is 635 g/mol. The van der Waals surface area contributed by atoms with Gasteiger partial charge in [-0.15, -0.1) is 0 Å². The van der Waals surface area contributed by atoms with Gasteiger partial charge in [0.05, 0.1) is 11.1 Å². The Kier molecular flexibility index (Phi) is 10.3. The Morgan fingerprint density at radius 3 is 2.29 bits per heavy atom. The molecule has 1 aliphatic carbocycles. The van der Waals surface area contributed by atoms with Crippen molar-refractivity contribution in [3.05, 3.63) is 81.4 Å². The van der Waals surface area contributed by atoms with E-state index in [2.05, 4.69) is 11.4 Å². The Labute approximate surface area is 247 Å². The molecule has 5 atom stereocenters. The van der Waals surface area contributed by atoms with Gasteiger partial charge < -0.3 is 15.3 Å². The van der Waals surface area contributed by atoms with E-state index in [4.69, 9.17) is 33.1 Å². The summed E-state index contributed by atoms with van der Waals surface area (Å²) in [4.78, 5) is 21.3. The minimum absolute atomic E-state index is 0.0885. The summed E-state index contributed by atoms with van der Waals surface area (Å²) in [5.41, 5.74) is -2.68. The lowest BCUT2D eigenvalue weighted by Gasteiger charge is -2.41. The van der Waals surface area contributed by atoms with Crippen molar-refractivity contribution in [1.29, 1.82) is 5.26 Å². The Bertz CT molecular complexity index is 1420. The van der Waals surface area contributed by atoms with Crippen molar-refractivity contribution >= 4 is 35.1 Å². The lowest BCUT2D eigenvalue weighted by atomic mass is 9.61. The van der Waals surface area contributed by atoms with Crippen molar-refractivity contribution in [2.75, 3.05) is 6.61 Å². The number of allylic oxidation sites excluding steroid dienone is 2. The summed E-state index contributed by atoms with van der Waals surface area (Å²) < 4.78 is 62.6. The number of aliphatic carboxylic acids is 2. The first-order valence-corrected chi connectivity index (χ1v) is 13.2. The van der Waals surface area contributed by atoms with Crippen LogP contribution in [0.5, 0.6) is 0 Å². The zero-order valence-corrected chi connectivity index (χ0v) is 23.1. The summed E-state index contributed by atoms with van der Waals surface area (Å²) in [6.45, 7) is -0.200. The van der Waals surface area contributed by atoms with Crippen LogP contribution in [-0.4, -0.2) is 52.1 Å². The smallest absolute Gasteiger partial charge is 0.480 e. The van der Waals surface area contributed by atoms with Gasteiger partial charge in [0.2, 0.25) is 0 Å². The third-order valence-corrected chi connectivity index (χ3v) is 8.20.